The van der Waals surface area contributed by atoms with E-state index in [0.717, 1.165) is 17.7 Å². The summed E-state index contributed by atoms with van der Waals surface area (Å²) in [4.78, 5) is 12.3. The zero-order chi connectivity index (χ0) is 17.5. The fourth-order valence-corrected chi connectivity index (χ4v) is 2.45. The van der Waals surface area contributed by atoms with E-state index in [0.29, 0.717) is 10.8 Å². The second-order valence-corrected chi connectivity index (χ2v) is 6.37. The monoisotopic (exact) mass is 345 g/mol. The van der Waals surface area contributed by atoms with Crippen LogP contribution >= 0.6 is 11.6 Å². The second-order valence-electron chi connectivity index (χ2n) is 5.96. The third-order valence-electron chi connectivity index (χ3n) is 3.85. The summed E-state index contributed by atoms with van der Waals surface area (Å²) in [5.74, 6) is 0.457. The zero-order valence-electron chi connectivity index (χ0n) is 14.4. The van der Waals surface area contributed by atoms with Crippen molar-refractivity contribution < 1.29 is 9.53 Å². The maximum atomic E-state index is 12.3. The maximum absolute atomic E-state index is 12.3. The maximum Gasteiger partial charge on any atom is 0.265 e. The van der Waals surface area contributed by atoms with Gasteiger partial charge in [-0.1, -0.05) is 37.1 Å². The van der Waals surface area contributed by atoms with Crippen molar-refractivity contribution in [1.82, 2.24) is 0 Å². The number of anilines is 1. The molecular formula is C20H24ClNO2. The number of hydrogen-bond donors (Lipinski definition) is 1. The van der Waals surface area contributed by atoms with Crippen LogP contribution in [-0.2, 0) is 11.2 Å². The van der Waals surface area contributed by atoms with Gasteiger partial charge >= 0.3 is 0 Å². The van der Waals surface area contributed by atoms with Crippen LogP contribution in [0.15, 0.2) is 42.5 Å². The van der Waals surface area contributed by atoms with Gasteiger partial charge in [0.05, 0.1) is 0 Å². The van der Waals surface area contributed by atoms with Gasteiger partial charge < -0.3 is 10.1 Å². The van der Waals surface area contributed by atoms with E-state index in [1.165, 1.54) is 18.4 Å². The lowest BCUT2D eigenvalue weighted by molar-refractivity contribution is -0.122. The Balaban J connectivity index is 1.92. The van der Waals surface area contributed by atoms with E-state index in [9.17, 15) is 4.79 Å². The standard InChI is InChI=1S/C20H24ClNO2/c1-4-5-6-16-7-9-17(10-8-16)22-20(23)15(3)24-18-11-12-19(21)14(2)13-18/h7-13,15H,4-6H2,1-3H3,(H,22,23)/t15-/m0/s1. The highest BCUT2D eigenvalue weighted by Gasteiger charge is 2.15. The van der Waals surface area contributed by atoms with E-state index in [1.807, 2.05) is 25.1 Å². The minimum atomic E-state index is -0.592. The van der Waals surface area contributed by atoms with Gasteiger partial charge in [-0.15, -0.1) is 0 Å². The highest BCUT2D eigenvalue weighted by atomic mass is 35.5. The van der Waals surface area contributed by atoms with Crippen LogP contribution in [0, 0.1) is 6.92 Å². The summed E-state index contributed by atoms with van der Waals surface area (Å²) in [5.41, 5.74) is 2.99. The SMILES string of the molecule is CCCCc1ccc(NC(=O)[C@H](C)Oc2ccc(Cl)c(C)c2)cc1. The molecule has 0 aromatic heterocycles. The van der Waals surface area contributed by atoms with Crippen molar-refractivity contribution in [2.45, 2.75) is 46.1 Å². The molecule has 0 radical (unpaired) electrons. The van der Waals surface area contributed by atoms with Gasteiger partial charge in [0, 0.05) is 10.7 Å². The number of halogens is 1. The van der Waals surface area contributed by atoms with Gasteiger partial charge in [0.25, 0.3) is 5.91 Å². The van der Waals surface area contributed by atoms with Crippen molar-refractivity contribution in [3.63, 3.8) is 0 Å². The predicted octanol–water partition coefficient (Wildman–Crippen LogP) is 5.40. The lowest BCUT2D eigenvalue weighted by Gasteiger charge is -2.15. The second kappa shape index (κ2) is 8.74. The Morgan fingerprint density at radius 2 is 1.92 bits per heavy atom. The smallest absolute Gasteiger partial charge is 0.265 e. The number of carbonyl (C=O) groups is 1. The van der Waals surface area contributed by atoms with Gasteiger partial charge in [-0.25, -0.2) is 0 Å². The minimum Gasteiger partial charge on any atom is -0.481 e. The molecule has 2 aromatic carbocycles. The van der Waals surface area contributed by atoms with E-state index in [1.54, 1.807) is 19.1 Å². The summed E-state index contributed by atoms with van der Waals surface area (Å²) in [6.45, 7) is 5.81. The molecule has 0 heterocycles. The Labute approximate surface area is 149 Å². The molecule has 0 saturated carbocycles. The number of carbonyl (C=O) groups excluding carboxylic acids is 1. The third kappa shape index (κ3) is 5.27. The molecule has 0 spiro atoms. The predicted molar refractivity (Wildman–Crippen MR) is 100.0 cm³/mol. The first-order valence-corrected chi connectivity index (χ1v) is 8.70. The van der Waals surface area contributed by atoms with Gasteiger partial charge in [-0.2, -0.15) is 0 Å². The number of rotatable bonds is 7. The van der Waals surface area contributed by atoms with Crippen molar-refractivity contribution in [3.05, 3.63) is 58.6 Å². The summed E-state index contributed by atoms with van der Waals surface area (Å²) < 4.78 is 5.69. The van der Waals surface area contributed by atoms with Gasteiger partial charge in [-0.3, -0.25) is 4.79 Å². The normalized spacial score (nSPS) is 11.8. The first kappa shape index (κ1) is 18.3. The third-order valence-corrected chi connectivity index (χ3v) is 4.28. The topological polar surface area (TPSA) is 38.3 Å². The molecule has 3 nitrogen and oxygen atoms in total. The molecule has 0 bridgehead atoms. The molecular weight excluding hydrogens is 322 g/mol. The molecule has 0 aliphatic rings. The van der Waals surface area contributed by atoms with E-state index < -0.39 is 6.10 Å². The number of benzene rings is 2. The quantitative estimate of drug-likeness (QED) is 0.729. The average molecular weight is 346 g/mol. The van der Waals surface area contributed by atoms with Crippen LogP contribution in [0.4, 0.5) is 5.69 Å². The van der Waals surface area contributed by atoms with E-state index in [4.69, 9.17) is 16.3 Å². The Morgan fingerprint density at radius 3 is 2.54 bits per heavy atom. The van der Waals surface area contributed by atoms with Gasteiger partial charge in [0.15, 0.2) is 6.10 Å². The van der Waals surface area contributed by atoms with Crippen LogP contribution in [0.5, 0.6) is 5.75 Å². The van der Waals surface area contributed by atoms with Crippen LogP contribution in [0.1, 0.15) is 37.8 Å². The van der Waals surface area contributed by atoms with Gasteiger partial charge in [0.1, 0.15) is 5.75 Å². The molecule has 0 saturated heterocycles. The van der Waals surface area contributed by atoms with E-state index in [-0.39, 0.29) is 5.91 Å². The summed E-state index contributed by atoms with van der Waals surface area (Å²) >= 11 is 6.00. The molecule has 128 valence electrons. The molecule has 0 aliphatic heterocycles. The molecule has 1 N–H and O–H groups in total. The fraction of sp³-hybridized carbons (Fsp3) is 0.350. The summed E-state index contributed by atoms with van der Waals surface area (Å²) in [6.07, 6.45) is 2.83. The molecule has 1 atom stereocenters. The molecule has 0 aliphatic carbocycles. The van der Waals surface area contributed by atoms with Crippen LogP contribution in [0.25, 0.3) is 0 Å². The largest absolute Gasteiger partial charge is 0.481 e. The molecule has 2 aromatic rings. The van der Waals surface area contributed by atoms with Crippen molar-refractivity contribution >= 4 is 23.2 Å². The number of amides is 1. The molecule has 0 fully saturated rings. The van der Waals surface area contributed by atoms with Crippen molar-refractivity contribution in [2.24, 2.45) is 0 Å². The number of unbranched alkanes of at least 4 members (excludes halogenated alkanes) is 1. The summed E-state index contributed by atoms with van der Waals surface area (Å²) in [7, 11) is 0. The molecule has 4 heteroatoms. The van der Waals surface area contributed by atoms with Crippen molar-refractivity contribution in [1.29, 1.82) is 0 Å². The Bertz CT molecular complexity index is 683. The first-order valence-electron chi connectivity index (χ1n) is 8.32. The number of ether oxygens (including phenoxy) is 1. The van der Waals surface area contributed by atoms with Crippen LogP contribution in [0.3, 0.4) is 0 Å². The number of nitrogens with one attached hydrogen (secondary N) is 1. The van der Waals surface area contributed by atoms with Gasteiger partial charge in [-0.05, 0) is 68.1 Å². The fourth-order valence-electron chi connectivity index (χ4n) is 2.33. The van der Waals surface area contributed by atoms with Crippen LogP contribution < -0.4 is 10.1 Å². The lowest BCUT2D eigenvalue weighted by atomic mass is 10.1. The molecule has 24 heavy (non-hydrogen) atoms. The highest BCUT2D eigenvalue weighted by Crippen LogP contribution is 2.22. The summed E-state index contributed by atoms with van der Waals surface area (Å²) in [6, 6.07) is 13.3. The minimum absolute atomic E-state index is 0.177. The van der Waals surface area contributed by atoms with E-state index >= 15 is 0 Å². The van der Waals surface area contributed by atoms with E-state index in [2.05, 4.69) is 24.4 Å². The van der Waals surface area contributed by atoms with Crippen molar-refractivity contribution in [3.8, 4) is 5.75 Å². The highest BCUT2D eigenvalue weighted by molar-refractivity contribution is 6.31. The van der Waals surface area contributed by atoms with Crippen molar-refractivity contribution in [2.75, 3.05) is 5.32 Å². The molecule has 2 rings (SSSR count). The van der Waals surface area contributed by atoms with Gasteiger partial charge in [0.2, 0.25) is 0 Å². The Hall–Kier alpha value is -2.00. The Morgan fingerprint density at radius 1 is 1.21 bits per heavy atom. The first-order chi connectivity index (χ1) is 11.5. The molecule has 1 amide bonds. The zero-order valence-corrected chi connectivity index (χ0v) is 15.2. The average Bonchev–Trinajstić information content (AvgIpc) is 2.57. The Kier molecular flexibility index (Phi) is 6.68. The number of aryl methyl sites for hydroxylation is 2. The van der Waals surface area contributed by atoms with Crippen LogP contribution in [-0.4, -0.2) is 12.0 Å². The van der Waals surface area contributed by atoms with Crippen LogP contribution in [0.2, 0.25) is 5.02 Å². The molecule has 0 unspecified atom stereocenters. The number of hydrogen-bond acceptors (Lipinski definition) is 2. The summed E-state index contributed by atoms with van der Waals surface area (Å²) in [5, 5.41) is 3.56. The lowest BCUT2D eigenvalue weighted by Crippen LogP contribution is -2.30.